The second-order valence-corrected chi connectivity index (χ2v) is 6.26. The quantitative estimate of drug-likeness (QED) is 0.630. The van der Waals surface area contributed by atoms with Gasteiger partial charge in [0.1, 0.15) is 0 Å². The van der Waals surface area contributed by atoms with Crippen molar-refractivity contribution >= 4 is 11.7 Å². The summed E-state index contributed by atoms with van der Waals surface area (Å²) < 4.78 is 0. The van der Waals surface area contributed by atoms with Gasteiger partial charge in [-0.25, -0.2) is 4.99 Å². The van der Waals surface area contributed by atoms with Crippen LogP contribution in [0.4, 0.5) is 5.69 Å². The summed E-state index contributed by atoms with van der Waals surface area (Å²) in [5.74, 6) is 0. The number of benzene rings is 1. The summed E-state index contributed by atoms with van der Waals surface area (Å²) in [5.41, 5.74) is 2.13. The lowest BCUT2D eigenvalue weighted by Crippen LogP contribution is -2.11. The van der Waals surface area contributed by atoms with Gasteiger partial charge in [-0.05, 0) is 37.8 Å². The molecule has 17 heavy (non-hydrogen) atoms. The minimum absolute atomic E-state index is 0.0868. The first kappa shape index (κ1) is 13.7. The van der Waals surface area contributed by atoms with Crippen molar-refractivity contribution in [3.05, 3.63) is 29.8 Å². The lowest BCUT2D eigenvalue weighted by atomic mass is 9.86. The van der Waals surface area contributed by atoms with E-state index in [4.69, 9.17) is 0 Å². The van der Waals surface area contributed by atoms with Gasteiger partial charge in [-0.2, -0.15) is 4.99 Å². The van der Waals surface area contributed by atoms with Crippen LogP contribution < -0.4 is 0 Å². The Hall–Kier alpha value is -1.40. The van der Waals surface area contributed by atoms with Crippen molar-refractivity contribution in [2.24, 2.45) is 9.98 Å². The monoisotopic (exact) mass is 230 g/mol. The third-order valence-corrected chi connectivity index (χ3v) is 2.27. The van der Waals surface area contributed by atoms with E-state index >= 15 is 0 Å². The van der Waals surface area contributed by atoms with E-state index in [1.165, 1.54) is 5.56 Å². The fourth-order valence-corrected chi connectivity index (χ4v) is 1.43. The number of aliphatic imine (C=N–C) groups is 2. The van der Waals surface area contributed by atoms with Crippen molar-refractivity contribution in [3.63, 3.8) is 0 Å². The van der Waals surface area contributed by atoms with Crippen LogP contribution in [0.2, 0.25) is 0 Å². The summed E-state index contributed by atoms with van der Waals surface area (Å²) in [6.45, 7) is 12.6. The van der Waals surface area contributed by atoms with E-state index in [1.807, 2.05) is 39.0 Å². The van der Waals surface area contributed by atoms with Gasteiger partial charge in [0.05, 0.1) is 17.2 Å². The molecule has 0 atom stereocenters. The Kier molecular flexibility index (Phi) is 3.90. The van der Waals surface area contributed by atoms with E-state index in [1.54, 1.807) is 0 Å². The van der Waals surface area contributed by atoms with Gasteiger partial charge in [-0.1, -0.05) is 39.0 Å². The standard InChI is InChI=1S/C15H22N2/c1-14(2,3)12-9-7-8-10-13(12)16-11-17-15(4,5)6/h7-10H,1-6H3. The zero-order valence-electron chi connectivity index (χ0n) is 11.7. The molecule has 0 saturated heterocycles. The predicted octanol–water partition coefficient (Wildman–Crippen LogP) is 4.59. The Balaban J connectivity index is 3.13. The highest BCUT2D eigenvalue weighted by Crippen LogP contribution is 2.30. The fourth-order valence-electron chi connectivity index (χ4n) is 1.43. The van der Waals surface area contributed by atoms with E-state index < -0.39 is 0 Å². The molecular weight excluding hydrogens is 208 g/mol. The van der Waals surface area contributed by atoms with Gasteiger partial charge in [0, 0.05) is 0 Å². The first-order valence-corrected chi connectivity index (χ1v) is 5.97. The van der Waals surface area contributed by atoms with E-state index in [0.717, 1.165) is 5.69 Å². The summed E-state index contributed by atoms with van der Waals surface area (Å²) >= 11 is 0. The molecule has 0 amide bonds. The molecule has 1 rings (SSSR count). The molecule has 0 unspecified atom stereocenters. The molecule has 92 valence electrons. The summed E-state index contributed by atoms with van der Waals surface area (Å²) in [4.78, 5) is 8.60. The summed E-state index contributed by atoms with van der Waals surface area (Å²) in [5, 5.41) is 0. The van der Waals surface area contributed by atoms with Gasteiger partial charge in [0.15, 0.2) is 0 Å². The SMILES string of the molecule is CC(C)(C)N=C=Nc1ccccc1C(C)(C)C. The first-order chi connectivity index (χ1) is 7.70. The average molecular weight is 230 g/mol. The molecular formula is C15H22N2. The molecule has 0 heterocycles. The topological polar surface area (TPSA) is 24.7 Å². The van der Waals surface area contributed by atoms with Gasteiger partial charge < -0.3 is 0 Å². The van der Waals surface area contributed by atoms with Crippen molar-refractivity contribution in [2.45, 2.75) is 52.5 Å². The van der Waals surface area contributed by atoms with E-state index in [-0.39, 0.29) is 11.0 Å². The van der Waals surface area contributed by atoms with Crippen LogP contribution in [0.25, 0.3) is 0 Å². The lowest BCUT2D eigenvalue weighted by Gasteiger charge is -2.20. The van der Waals surface area contributed by atoms with E-state index in [9.17, 15) is 0 Å². The molecule has 0 aliphatic rings. The zero-order valence-corrected chi connectivity index (χ0v) is 11.7. The number of para-hydroxylation sites is 1. The minimum Gasteiger partial charge on any atom is -0.219 e. The van der Waals surface area contributed by atoms with E-state index in [2.05, 4.69) is 42.8 Å². The maximum absolute atomic E-state index is 4.34. The molecule has 0 aliphatic heterocycles. The van der Waals surface area contributed by atoms with Gasteiger partial charge in [-0.3, -0.25) is 0 Å². The van der Waals surface area contributed by atoms with Crippen LogP contribution in [-0.2, 0) is 5.41 Å². The summed E-state index contributed by atoms with van der Waals surface area (Å²) in [6, 6.07) is 11.0. The zero-order chi connectivity index (χ0) is 13.1. The highest BCUT2D eigenvalue weighted by molar-refractivity contribution is 5.58. The molecule has 2 nitrogen and oxygen atoms in total. The minimum atomic E-state index is -0.125. The van der Waals surface area contributed by atoms with Crippen LogP contribution in [0, 0.1) is 0 Å². The van der Waals surface area contributed by atoms with Gasteiger partial charge in [-0.15, -0.1) is 0 Å². The molecule has 1 aromatic rings. The molecule has 0 bridgehead atoms. The molecule has 0 radical (unpaired) electrons. The Bertz CT molecular complexity index is 439. The summed E-state index contributed by atoms with van der Waals surface area (Å²) in [6.07, 6.45) is 0. The van der Waals surface area contributed by atoms with Gasteiger partial charge in [0.25, 0.3) is 0 Å². The molecule has 0 N–H and O–H groups in total. The average Bonchev–Trinajstić information content (AvgIpc) is 2.15. The molecule has 0 fully saturated rings. The molecule has 0 saturated carbocycles. The fraction of sp³-hybridized carbons (Fsp3) is 0.533. The molecule has 0 aliphatic carbocycles. The Labute approximate surface area is 105 Å². The highest BCUT2D eigenvalue weighted by Gasteiger charge is 2.16. The Morgan fingerprint density at radius 2 is 1.53 bits per heavy atom. The third kappa shape index (κ3) is 4.54. The number of rotatable bonds is 1. The predicted molar refractivity (Wildman–Crippen MR) is 74.4 cm³/mol. The van der Waals surface area contributed by atoms with Crippen LogP contribution in [0.5, 0.6) is 0 Å². The molecule has 0 spiro atoms. The Morgan fingerprint density at radius 3 is 2.06 bits per heavy atom. The molecule has 2 heteroatoms. The molecule has 0 aromatic heterocycles. The smallest absolute Gasteiger partial charge is 0.0954 e. The second kappa shape index (κ2) is 4.85. The van der Waals surface area contributed by atoms with E-state index in [0.29, 0.717) is 0 Å². The first-order valence-electron chi connectivity index (χ1n) is 5.97. The maximum atomic E-state index is 4.34. The lowest BCUT2D eigenvalue weighted by molar-refractivity contribution is 0.586. The summed E-state index contributed by atoms with van der Waals surface area (Å²) in [7, 11) is 0. The third-order valence-electron chi connectivity index (χ3n) is 2.27. The van der Waals surface area contributed by atoms with Crippen LogP contribution in [-0.4, -0.2) is 11.5 Å². The highest BCUT2D eigenvalue weighted by atomic mass is 14.9. The second-order valence-electron chi connectivity index (χ2n) is 6.26. The number of nitrogens with zero attached hydrogens (tertiary/aromatic N) is 2. The van der Waals surface area contributed by atoms with Crippen LogP contribution >= 0.6 is 0 Å². The van der Waals surface area contributed by atoms with Crippen molar-refractivity contribution in [1.29, 1.82) is 0 Å². The van der Waals surface area contributed by atoms with Crippen molar-refractivity contribution < 1.29 is 0 Å². The molecule has 1 aromatic carbocycles. The normalized spacial score (nSPS) is 11.9. The van der Waals surface area contributed by atoms with Crippen molar-refractivity contribution in [2.75, 3.05) is 0 Å². The number of hydrogen-bond acceptors (Lipinski definition) is 2. The van der Waals surface area contributed by atoms with Crippen molar-refractivity contribution in [3.8, 4) is 0 Å². The van der Waals surface area contributed by atoms with Crippen molar-refractivity contribution in [1.82, 2.24) is 0 Å². The number of hydrogen-bond donors (Lipinski definition) is 0. The van der Waals surface area contributed by atoms with Gasteiger partial charge >= 0.3 is 0 Å². The maximum Gasteiger partial charge on any atom is 0.0954 e. The van der Waals surface area contributed by atoms with Crippen LogP contribution in [0.1, 0.15) is 47.1 Å². The Morgan fingerprint density at radius 1 is 0.941 bits per heavy atom. The largest absolute Gasteiger partial charge is 0.219 e. The van der Waals surface area contributed by atoms with Gasteiger partial charge in [0.2, 0.25) is 0 Å². The van der Waals surface area contributed by atoms with Crippen LogP contribution in [0.3, 0.4) is 0 Å². The van der Waals surface area contributed by atoms with Crippen LogP contribution in [0.15, 0.2) is 34.3 Å².